The number of hydrogen-bond donors (Lipinski definition) is 2. The Morgan fingerprint density at radius 2 is 1.90 bits per heavy atom. The van der Waals surface area contributed by atoms with E-state index in [4.69, 9.17) is 23.8 Å². The predicted octanol–water partition coefficient (Wildman–Crippen LogP) is 5.81. The average Bonchev–Trinajstić information content (AvgIpc) is 2.66. The molecule has 0 radical (unpaired) electrons. The molecule has 3 rings (SSSR count). The highest BCUT2D eigenvalue weighted by Crippen LogP contribution is 2.34. The molecule has 3 aromatic rings. The lowest BCUT2D eigenvalue weighted by molar-refractivity contribution is -0.137. The van der Waals surface area contributed by atoms with Gasteiger partial charge in [0.15, 0.2) is 5.11 Å². The van der Waals surface area contributed by atoms with Gasteiger partial charge in [0.25, 0.3) is 0 Å². The van der Waals surface area contributed by atoms with Gasteiger partial charge in [0, 0.05) is 29.6 Å². The van der Waals surface area contributed by atoms with E-state index in [1.807, 2.05) is 32.0 Å². The first kappa shape index (κ1) is 22.1. The molecule has 158 valence electrons. The molecule has 30 heavy (non-hydrogen) atoms. The molecule has 0 unspecified atom stereocenters. The number of pyridine rings is 1. The molecule has 0 bridgehead atoms. The molecule has 0 aliphatic rings. The number of hydrogen-bond acceptors (Lipinski definition) is 2. The molecule has 0 amide bonds. The number of anilines is 1. The summed E-state index contributed by atoms with van der Waals surface area (Å²) in [6.07, 6.45) is -4.50. The van der Waals surface area contributed by atoms with Crippen molar-refractivity contribution in [1.82, 2.24) is 9.88 Å². The highest BCUT2D eigenvalue weighted by atomic mass is 35.5. The van der Waals surface area contributed by atoms with Crippen molar-refractivity contribution in [3.8, 4) is 0 Å². The van der Waals surface area contributed by atoms with E-state index in [1.165, 1.54) is 12.1 Å². The lowest BCUT2D eigenvalue weighted by Crippen LogP contribution is -2.39. The van der Waals surface area contributed by atoms with E-state index in [-0.39, 0.29) is 27.4 Å². The number of nitrogens with zero attached hydrogens (tertiary/aromatic N) is 1. The third-order valence-corrected chi connectivity index (χ3v) is 5.26. The zero-order valence-corrected chi connectivity index (χ0v) is 17.8. The van der Waals surface area contributed by atoms with Crippen molar-refractivity contribution in [2.75, 3.05) is 5.32 Å². The minimum Gasteiger partial charge on any atom is -0.342 e. The number of fused-ring (bicyclic) bond motifs is 1. The summed E-state index contributed by atoms with van der Waals surface area (Å²) in [5, 5.41) is 4.02. The third-order valence-electron chi connectivity index (χ3n) is 4.60. The SMILES string of the molecule is CC(C)N(Cc1cc(=O)[nH]c2ccccc12)C(=S)Nc1cc(C(F)(F)F)ccc1Cl. The Hall–Kier alpha value is -2.58. The molecule has 9 heteroatoms. The van der Waals surface area contributed by atoms with E-state index in [9.17, 15) is 18.0 Å². The Morgan fingerprint density at radius 3 is 2.57 bits per heavy atom. The Kier molecular flexibility index (Phi) is 6.38. The average molecular weight is 454 g/mol. The van der Waals surface area contributed by atoms with Crippen molar-refractivity contribution in [3.63, 3.8) is 0 Å². The fourth-order valence-electron chi connectivity index (χ4n) is 3.06. The normalized spacial score (nSPS) is 11.7. The number of para-hydroxylation sites is 1. The van der Waals surface area contributed by atoms with Gasteiger partial charge in [-0.1, -0.05) is 29.8 Å². The van der Waals surface area contributed by atoms with Crippen LogP contribution >= 0.6 is 23.8 Å². The zero-order valence-electron chi connectivity index (χ0n) is 16.2. The van der Waals surface area contributed by atoms with Crippen LogP contribution in [0.3, 0.4) is 0 Å². The van der Waals surface area contributed by atoms with Crippen LogP contribution in [0.1, 0.15) is 25.0 Å². The van der Waals surface area contributed by atoms with Gasteiger partial charge in [-0.25, -0.2) is 0 Å². The lowest BCUT2D eigenvalue weighted by Gasteiger charge is -2.30. The standard InChI is InChI=1S/C21H19ClF3N3OS/c1-12(2)28(11-13-9-19(29)26-17-6-4-3-5-15(13)17)20(30)27-18-10-14(21(23,24)25)7-8-16(18)22/h3-10,12H,11H2,1-2H3,(H,26,29)(H,27,30). The molecule has 0 aliphatic heterocycles. The van der Waals surface area contributed by atoms with Gasteiger partial charge in [-0.2, -0.15) is 13.2 Å². The molecular formula is C21H19ClF3N3OS. The maximum Gasteiger partial charge on any atom is 0.416 e. The third kappa shape index (κ3) is 4.94. The van der Waals surface area contributed by atoms with E-state index >= 15 is 0 Å². The molecule has 0 fully saturated rings. The second-order valence-electron chi connectivity index (χ2n) is 7.05. The molecule has 1 heterocycles. The maximum atomic E-state index is 13.1. The van der Waals surface area contributed by atoms with Crippen LogP contribution in [0, 0.1) is 0 Å². The minimum atomic E-state index is -4.50. The number of alkyl halides is 3. The summed E-state index contributed by atoms with van der Waals surface area (Å²) in [6, 6.07) is 11.8. The molecule has 4 nitrogen and oxygen atoms in total. The summed E-state index contributed by atoms with van der Waals surface area (Å²) in [7, 11) is 0. The van der Waals surface area contributed by atoms with Gasteiger partial charge >= 0.3 is 6.18 Å². The number of nitrogens with one attached hydrogen (secondary N) is 2. The Morgan fingerprint density at radius 1 is 1.20 bits per heavy atom. The highest BCUT2D eigenvalue weighted by molar-refractivity contribution is 7.80. The fraction of sp³-hybridized carbons (Fsp3) is 0.238. The molecule has 1 aromatic heterocycles. The van der Waals surface area contributed by atoms with Crippen LogP contribution in [-0.4, -0.2) is 21.0 Å². The first-order valence-corrected chi connectivity index (χ1v) is 9.90. The zero-order chi connectivity index (χ0) is 22.1. The van der Waals surface area contributed by atoms with E-state index in [1.54, 1.807) is 11.0 Å². The molecular weight excluding hydrogens is 435 g/mol. The molecule has 0 saturated carbocycles. The summed E-state index contributed by atoms with van der Waals surface area (Å²) in [5.74, 6) is 0. The number of aromatic amines is 1. The first-order chi connectivity index (χ1) is 14.1. The molecule has 0 spiro atoms. The van der Waals surface area contributed by atoms with Crippen molar-refractivity contribution in [3.05, 3.63) is 75.0 Å². The topological polar surface area (TPSA) is 48.1 Å². The number of aromatic nitrogens is 1. The van der Waals surface area contributed by atoms with Gasteiger partial charge in [0.2, 0.25) is 5.56 Å². The van der Waals surface area contributed by atoms with Crippen molar-refractivity contribution in [1.29, 1.82) is 0 Å². The fourth-order valence-corrected chi connectivity index (χ4v) is 3.61. The number of H-pyrrole nitrogens is 1. The second-order valence-corrected chi connectivity index (χ2v) is 7.84. The smallest absolute Gasteiger partial charge is 0.342 e. The Bertz CT molecular complexity index is 1140. The van der Waals surface area contributed by atoms with Crippen LogP contribution in [0.15, 0.2) is 53.3 Å². The number of rotatable bonds is 4. The highest BCUT2D eigenvalue weighted by Gasteiger charge is 2.31. The Balaban J connectivity index is 1.92. The molecule has 0 saturated heterocycles. The largest absolute Gasteiger partial charge is 0.416 e. The molecule has 2 N–H and O–H groups in total. The van der Waals surface area contributed by atoms with Gasteiger partial charge < -0.3 is 15.2 Å². The summed E-state index contributed by atoms with van der Waals surface area (Å²) in [5.41, 5.74) is 0.449. The van der Waals surface area contributed by atoms with Crippen LogP contribution in [0.2, 0.25) is 5.02 Å². The van der Waals surface area contributed by atoms with Gasteiger partial charge in [-0.3, -0.25) is 4.79 Å². The van der Waals surface area contributed by atoms with E-state index in [0.29, 0.717) is 12.1 Å². The summed E-state index contributed by atoms with van der Waals surface area (Å²) >= 11 is 11.6. The van der Waals surface area contributed by atoms with Gasteiger partial charge in [-0.05, 0) is 55.9 Å². The van der Waals surface area contributed by atoms with Crippen molar-refractivity contribution in [2.45, 2.75) is 32.6 Å². The number of halogens is 4. The quantitative estimate of drug-likeness (QED) is 0.489. The minimum absolute atomic E-state index is 0.0675. The van der Waals surface area contributed by atoms with Crippen LogP contribution < -0.4 is 10.9 Å². The predicted molar refractivity (Wildman–Crippen MR) is 118 cm³/mol. The van der Waals surface area contributed by atoms with Crippen LogP contribution in [-0.2, 0) is 12.7 Å². The molecule has 0 atom stereocenters. The van der Waals surface area contributed by atoms with Crippen LogP contribution in [0.5, 0.6) is 0 Å². The lowest BCUT2D eigenvalue weighted by atomic mass is 10.1. The second kappa shape index (κ2) is 8.65. The summed E-state index contributed by atoms with van der Waals surface area (Å²) in [6.45, 7) is 4.10. The summed E-state index contributed by atoms with van der Waals surface area (Å²) < 4.78 is 39.2. The van der Waals surface area contributed by atoms with E-state index < -0.39 is 11.7 Å². The number of thiocarbonyl (C=S) groups is 1. The van der Waals surface area contributed by atoms with Crippen LogP contribution in [0.4, 0.5) is 18.9 Å². The van der Waals surface area contributed by atoms with Gasteiger partial charge in [0.05, 0.1) is 16.3 Å². The Labute approximate surface area is 181 Å². The molecule has 2 aromatic carbocycles. The van der Waals surface area contributed by atoms with Crippen molar-refractivity contribution in [2.24, 2.45) is 0 Å². The maximum absolute atomic E-state index is 13.1. The number of benzene rings is 2. The van der Waals surface area contributed by atoms with Crippen molar-refractivity contribution < 1.29 is 13.2 Å². The van der Waals surface area contributed by atoms with E-state index in [2.05, 4.69) is 10.3 Å². The van der Waals surface area contributed by atoms with Crippen molar-refractivity contribution >= 4 is 45.5 Å². The van der Waals surface area contributed by atoms with Gasteiger partial charge in [-0.15, -0.1) is 0 Å². The summed E-state index contributed by atoms with van der Waals surface area (Å²) in [4.78, 5) is 16.6. The van der Waals surface area contributed by atoms with E-state index in [0.717, 1.165) is 23.1 Å². The molecule has 0 aliphatic carbocycles. The van der Waals surface area contributed by atoms with Crippen LogP contribution in [0.25, 0.3) is 10.9 Å². The first-order valence-electron chi connectivity index (χ1n) is 9.11. The monoisotopic (exact) mass is 453 g/mol. The van der Waals surface area contributed by atoms with Gasteiger partial charge in [0.1, 0.15) is 0 Å².